The number of halogens is 1. The standard InChI is InChI=1S/C16H18N6O3.ClH/c17-12-2-4-14(18)11(9-12)1-6-16(23)20-8-7-19-15-5-3-13(10-21-15)22(24)25;/h1-6,9-10H,7-8,17-18H2,(H,19,21)(H,20,23);1H/b6-1+;. The first kappa shape index (κ1) is 20.7. The molecule has 0 saturated heterocycles. The van der Waals surface area contributed by atoms with E-state index in [-0.39, 0.29) is 24.0 Å². The molecule has 1 aromatic carbocycles. The van der Waals surface area contributed by atoms with Gasteiger partial charge < -0.3 is 22.1 Å². The van der Waals surface area contributed by atoms with Crippen molar-refractivity contribution in [2.45, 2.75) is 0 Å². The Bertz CT molecular complexity index is 795. The summed E-state index contributed by atoms with van der Waals surface area (Å²) in [5.74, 6) is 0.211. The molecule has 10 heteroatoms. The van der Waals surface area contributed by atoms with Gasteiger partial charge in [-0.2, -0.15) is 0 Å². The van der Waals surface area contributed by atoms with Crippen molar-refractivity contribution in [3.05, 3.63) is 58.3 Å². The molecule has 0 atom stereocenters. The van der Waals surface area contributed by atoms with Crippen LogP contribution in [0.15, 0.2) is 42.6 Å². The van der Waals surface area contributed by atoms with Crippen molar-refractivity contribution >= 4 is 47.3 Å². The molecule has 26 heavy (non-hydrogen) atoms. The van der Waals surface area contributed by atoms with Crippen molar-refractivity contribution in [2.24, 2.45) is 0 Å². The van der Waals surface area contributed by atoms with E-state index in [0.717, 1.165) is 0 Å². The molecule has 0 unspecified atom stereocenters. The van der Waals surface area contributed by atoms with Crippen LogP contribution in [0.2, 0.25) is 0 Å². The lowest BCUT2D eigenvalue weighted by Gasteiger charge is -2.06. The topological polar surface area (TPSA) is 149 Å². The highest BCUT2D eigenvalue weighted by Crippen LogP contribution is 2.16. The lowest BCUT2D eigenvalue weighted by molar-refractivity contribution is -0.385. The van der Waals surface area contributed by atoms with Crippen LogP contribution in [0, 0.1) is 10.1 Å². The smallest absolute Gasteiger partial charge is 0.287 e. The molecule has 0 fully saturated rings. The normalized spacial score (nSPS) is 10.2. The number of carbonyl (C=O) groups excluding carboxylic acids is 1. The Labute approximate surface area is 156 Å². The van der Waals surface area contributed by atoms with Gasteiger partial charge in [-0.3, -0.25) is 14.9 Å². The van der Waals surface area contributed by atoms with Crippen LogP contribution >= 0.6 is 12.4 Å². The Morgan fingerprint density at radius 1 is 1.23 bits per heavy atom. The van der Waals surface area contributed by atoms with Crippen molar-refractivity contribution in [1.82, 2.24) is 10.3 Å². The Kier molecular flexibility index (Phi) is 7.84. The quantitative estimate of drug-likeness (QED) is 0.189. The van der Waals surface area contributed by atoms with Crippen molar-refractivity contribution in [3.63, 3.8) is 0 Å². The number of rotatable bonds is 7. The van der Waals surface area contributed by atoms with E-state index < -0.39 is 4.92 Å². The molecule has 1 heterocycles. The number of amides is 1. The number of nitrogens with two attached hydrogens (primary N) is 2. The van der Waals surface area contributed by atoms with Crippen molar-refractivity contribution < 1.29 is 9.72 Å². The molecule has 2 aromatic rings. The van der Waals surface area contributed by atoms with Gasteiger partial charge in [0.25, 0.3) is 5.69 Å². The lowest BCUT2D eigenvalue weighted by Crippen LogP contribution is -2.27. The minimum absolute atomic E-state index is 0. The van der Waals surface area contributed by atoms with Gasteiger partial charge in [0, 0.05) is 36.6 Å². The maximum Gasteiger partial charge on any atom is 0.287 e. The average molecular weight is 379 g/mol. The number of nitro groups is 1. The van der Waals surface area contributed by atoms with E-state index in [1.807, 2.05) is 0 Å². The number of aromatic nitrogens is 1. The minimum atomic E-state index is -0.517. The van der Waals surface area contributed by atoms with Crippen LogP contribution in [0.3, 0.4) is 0 Å². The molecule has 1 amide bonds. The number of hydrogen-bond donors (Lipinski definition) is 4. The highest BCUT2D eigenvalue weighted by molar-refractivity contribution is 5.92. The second-order valence-electron chi connectivity index (χ2n) is 5.10. The first-order valence-electron chi connectivity index (χ1n) is 7.41. The molecule has 0 radical (unpaired) electrons. The highest BCUT2D eigenvalue weighted by atomic mass is 35.5. The van der Waals surface area contributed by atoms with E-state index in [2.05, 4.69) is 15.6 Å². The van der Waals surface area contributed by atoms with Crippen molar-refractivity contribution in [1.29, 1.82) is 0 Å². The molecule has 0 spiro atoms. The summed E-state index contributed by atoms with van der Waals surface area (Å²) in [5, 5.41) is 16.2. The van der Waals surface area contributed by atoms with Gasteiger partial charge in [-0.25, -0.2) is 4.98 Å². The second-order valence-corrected chi connectivity index (χ2v) is 5.10. The summed E-state index contributed by atoms with van der Waals surface area (Å²) in [6.07, 6.45) is 4.13. The monoisotopic (exact) mass is 378 g/mol. The lowest BCUT2D eigenvalue weighted by atomic mass is 10.1. The summed E-state index contributed by atoms with van der Waals surface area (Å²) in [6.45, 7) is 0.777. The summed E-state index contributed by atoms with van der Waals surface area (Å²) in [4.78, 5) is 25.7. The number of nitrogens with one attached hydrogen (secondary N) is 2. The minimum Gasteiger partial charge on any atom is -0.399 e. The zero-order valence-corrected chi connectivity index (χ0v) is 14.5. The van der Waals surface area contributed by atoms with Gasteiger partial charge in [-0.15, -0.1) is 12.4 Å². The first-order valence-corrected chi connectivity index (χ1v) is 7.41. The SMILES string of the molecule is Cl.Nc1ccc(N)c(/C=C/C(=O)NCCNc2ccc([N+](=O)[O-])cn2)c1. The van der Waals surface area contributed by atoms with E-state index in [1.54, 1.807) is 24.3 Å². The second kappa shape index (κ2) is 9.84. The van der Waals surface area contributed by atoms with Gasteiger partial charge in [0.2, 0.25) is 5.91 Å². The Hall–Kier alpha value is -3.33. The molecule has 6 N–H and O–H groups in total. The molecule has 1 aromatic heterocycles. The highest BCUT2D eigenvalue weighted by Gasteiger charge is 2.04. The maximum atomic E-state index is 11.8. The van der Waals surface area contributed by atoms with E-state index in [9.17, 15) is 14.9 Å². The van der Waals surface area contributed by atoms with E-state index >= 15 is 0 Å². The Morgan fingerprint density at radius 2 is 2.00 bits per heavy atom. The Balaban J connectivity index is 0.00000338. The fourth-order valence-corrected chi connectivity index (χ4v) is 1.94. The zero-order valence-electron chi connectivity index (χ0n) is 13.7. The van der Waals surface area contributed by atoms with Crippen LogP contribution in [-0.4, -0.2) is 28.9 Å². The number of nitrogen functional groups attached to an aromatic ring is 2. The van der Waals surface area contributed by atoms with Crippen LogP contribution in [0.4, 0.5) is 22.9 Å². The third kappa shape index (κ3) is 6.29. The largest absolute Gasteiger partial charge is 0.399 e. The Morgan fingerprint density at radius 3 is 2.65 bits per heavy atom. The molecule has 2 rings (SSSR count). The number of hydrogen-bond acceptors (Lipinski definition) is 7. The van der Waals surface area contributed by atoms with Gasteiger partial charge in [-0.1, -0.05) is 0 Å². The van der Waals surface area contributed by atoms with Crippen LogP contribution < -0.4 is 22.1 Å². The molecule has 9 nitrogen and oxygen atoms in total. The predicted octanol–water partition coefficient (Wildman–Crippen LogP) is 1.82. The molecular formula is C16H19ClN6O3. The third-order valence-corrected chi connectivity index (χ3v) is 3.21. The van der Waals surface area contributed by atoms with Crippen LogP contribution in [0.25, 0.3) is 6.08 Å². The molecule has 0 aliphatic heterocycles. The van der Waals surface area contributed by atoms with Gasteiger partial charge >= 0.3 is 0 Å². The van der Waals surface area contributed by atoms with Crippen molar-refractivity contribution in [3.8, 4) is 0 Å². The average Bonchev–Trinajstić information content (AvgIpc) is 2.60. The molecule has 0 bridgehead atoms. The molecule has 0 aliphatic rings. The number of nitrogens with zero attached hydrogens (tertiary/aromatic N) is 2. The van der Waals surface area contributed by atoms with E-state index in [1.165, 1.54) is 24.4 Å². The fourth-order valence-electron chi connectivity index (χ4n) is 1.94. The summed E-state index contributed by atoms with van der Waals surface area (Å²) in [7, 11) is 0. The predicted molar refractivity (Wildman–Crippen MR) is 104 cm³/mol. The van der Waals surface area contributed by atoms with E-state index in [4.69, 9.17) is 11.5 Å². The van der Waals surface area contributed by atoms with Gasteiger partial charge in [0.05, 0.1) is 4.92 Å². The van der Waals surface area contributed by atoms with E-state index in [0.29, 0.717) is 35.8 Å². The zero-order chi connectivity index (χ0) is 18.2. The molecule has 0 aliphatic carbocycles. The van der Waals surface area contributed by atoms with Crippen LogP contribution in [0.1, 0.15) is 5.56 Å². The summed E-state index contributed by atoms with van der Waals surface area (Å²) >= 11 is 0. The van der Waals surface area contributed by atoms with Gasteiger partial charge in [0.15, 0.2) is 0 Å². The maximum absolute atomic E-state index is 11.8. The number of anilines is 3. The van der Waals surface area contributed by atoms with Crippen LogP contribution in [-0.2, 0) is 4.79 Å². The number of benzene rings is 1. The van der Waals surface area contributed by atoms with Crippen molar-refractivity contribution in [2.75, 3.05) is 29.9 Å². The molecule has 0 saturated carbocycles. The third-order valence-electron chi connectivity index (χ3n) is 3.21. The fraction of sp³-hybridized carbons (Fsp3) is 0.125. The summed E-state index contributed by atoms with van der Waals surface area (Å²) in [6, 6.07) is 7.90. The molecular weight excluding hydrogens is 360 g/mol. The number of pyridine rings is 1. The molecule has 138 valence electrons. The van der Waals surface area contributed by atoms with Crippen LogP contribution in [0.5, 0.6) is 0 Å². The first-order chi connectivity index (χ1) is 12.0. The summed E-state index contributed by atoms with van der Waals surface area (Å²) in [5.41, 5.74) is 13.2. The van der Waals surface area contributed by atoms with Gasteiger partial charge in [0.1, 0.15) is 12.0 Å². The van der Waals surface area contributed by atoms with Gasteiger partial charge in [-0.05, 0) is 35.9 Å². The summed E-state index contributed by atoms with van der Waals surface area (Å²) < 4.78 is 0. The number of carbonyl (C=O) groups is 1.